The molecule has 0 aromatic heterocycles. The van der Waals surface area contributed by atoms with Gasteiger partial charge in [0.15, 0.2) is 0 Å². The van der Waals surface area contributed by atoms with Gasteiger partial charge in [0.1, 0.15) is 4.90 Å². The van der Waals surface area contributed by atoms with E-state index in [0.717, 1.165) is 4.31 Å². The maximum atomic E-state index is 12.6. The highest BCUT2D eigenvalue weighted by atomic mass is 35.5. The van der Waals surface area contributed by atoms with E-state index >= 15 is 0 Å². The summed E-state index contributed by atoms with van der Waals surface area (Å²) in [7, 11) is -2.22. The SMILES string of the molecule is CN1CCCN(S(=O)(=O)c2c(N)cccc2Cl)CC1=O. The third-order valence-electron chi connectivity index (χ3n) is 3.23. The predicted octanol–water partition coefficient (Wildman–Crippen LogP) is 0.775. The molecule has 0 radical (unpaired) electrons. The number of anilines is 1. The summed E-state index contributed by atoms with van der Waals surface area (Å²) < 4.78 is 26.4. The molecule has 2 rings (SSSR count). The van der Waals surface area contributed by atoms with Gasteiger partial charge in [-0.2, -0.15) is 4.31 Å². The number of rotatable bonds is 2. The summed E-state index contributed by atoms with van der Waals surface area (Å²) in [5, 5.41) is 0.0649. The van der Waals surface area contributed by atoms with Crippen molar-refractivity contribution in [1.82, 2.24) is 9.21 Å². The molecule has 0 saturated carbocycles. The van der Waals surface area contributed by atoms with Gasteiger partial charge in [0.05, 0.1) is 17.3 Å². The minimum Gasteiger partial charge on any atom is -0.398 e. The maximum absolute atomic E-state index is 12.6. The van der Waals surface area contributed by atoms with E-state index in [4.69, 9.17) is 17.3 Å². The molecule has 1 fully saturated rings. The Morgan fingerprint density at radius 2 is 2.00 bits per heavy atom. The summed E-state index contributed by atoms with van der Waals surface area (Å²) in [5.74, 6) is -0.239. The number of nitrogen functional groups attached to an aromatic ring is 1. The zero-order chi connectivity index (χ0) is 14.9. The zero-order valence-electron chi connectivity index (χ0n) is 11.0. The molecule has 8 heteroatoms. The van der Waals surface area contributed by atoms with Crippen molar-refractivity contribution in [3.05, 3.63) is 23.2 Å². The molecule has 1 amide bonds. The Morgan fingerprint density at radius 1 is 1.30 bits per heavy atom. The fraction of sp³-hybridized carbons (Fsp3) is 0.417. The number of carbonyl (C=O) groups excluding carboxylic acids is 1. The third kappa shape index (κ3) is 2.74. The van der Waals surface area contributed by atoms with Crippen molar-refractivity contribution in [1.29, 1.82) is 0 Å². The van der Waals surface area contributed by atoms with E-state index < -0.39 is 10.0 Å². The Labute approximate surface area is 123 Å². The van der Waals surface area contributed by atoms with Crippen LogP contribution in [0, 0.1) is 0 Å². The van der Waals surface area contributed by atoms with E-state index in [-0.39, 0.29) is 34.6 Å². The first kappa shape index (κ1) is 15.1. The second-order valence-corrected chi connectivity index (χ2v) is 6.95. The summed E-state index contributed by atoms with van der Waals surface area (Å²) in [6.07, 6.45) is 0.575. The summed E-state index contributed by atoms with van der Waals surface area (Å²) in [6.45, 7) is 0.607. The van der Waals surface area contributed by atoms with Crippen molar-refractivity contribution in [2.45, 2.75) is 11.3 Å². The van der Waals surface area contributed by atoms with Gasteiger partial charge >= 0.3 is 0 Å². The van der Waals surface area contributed by atoms with Gasteiger partial charge in [-0.1, -0.05) is 17.7 Å². The van der Waals surface area contributed by atoms with Crippen LogP contribution in [0.25, 0.3) is 0 Å². The lowest BCUT2D eigenvalue weighted by atomic mass is 10.3. The minimum atomic E-state index is -3.87. The van der Waals surface area contributed by atoms with E-state index in [1.54, 1.807) is 13.1 Å². The number of carbonyl (C=O) groups is 1. The Hall–Kier alpha value is -1.31. The maximum Gasteiger partial charge on any atom is 0.247 e. The molecular weight excluding hydrogens is 302 g/mol. The number of sulfonamides is 1. The molecule has 0 aliphatic carbocycles. The van der Waals surface area contributed by atoms with E-state index in [2.05, 4.69) is 0 Å². The van der Waals surface area contributed by atoms with Crippen LogP contribution < -0.4 is 5.73 Å². The Kier molecular flexibility index (Phi) is 4.22. The summed E-state index contributed by atoms with van der Waals surface area (Å²) in [5.41, 5.74) is 5.82. The lowest BCUT2D eigenvalue weighted by Crippen LogP contribution is -2.38. The number of likely N-dealkylation sites (N-methyl/N-ethyl adjacent to an activating group) is 1. The summed E-state index contributed by atoms with van der Waals surface area (Å²) in [4.78, 5) is 13.2. The van der Waals surface area contributed by atoms with Crippen molar-refractivity contribution < 1.29 is 13.2 Å². The van der Waals surface area contributed by atoms with Crippen LogP contribution in [-0.4, -0.2) is 50.2 Å². The van der Waals surface area contributed by atoms with Gasteiger partial charge in [0.2, 0.25) is 15.9 Å². The van der Waals surface area contributed by atoms with Crippen molar-refractivity contribution in [3.63, 3.8) is 0 Å². The number of hydrogen-bond acceptors (Lipinski definition) is 4. The standard InChI is InChI=1S/C12H16ClN3O3S/c1-15-6-3-7-16(8-11(15)17)20(18,19)12-9(13)4-2-5-10(12)14/h2,4-5H,3,6-8,14H2,1H3. The van der Waals surface area contributed by atoms with Crippen LogP contribution in [0.3, 0.4) is 0 Å². The molecule has 1 aromatic carbocycles. The normalized spacial score (nSPS) is 18.1. The number of halogens is 1. The number of nitrogens with two attached hydrogens (primary N) is 1. The van der Waals surface area contributed by atoms with Gasteiger partial charge in [-0.3, -0.25) is 4.79 Å². The average molecular weight is 318 g/mol. The smallest absolute Gasteiger partial charge is 0.247 e. The fourth-order valence-electron chi connectivity index (χ4n) is 2.09. The lowest BCUT2D eigenvalue weighted by Gasteiger charge is -2.21. The predicted molar refractivity (Wildman–Crippen MR) is 76.9 cm³/mol. The summed E-state index contributed by atoms with van der Waals surface area (Å²) >= 11 is 5.96. The third-order valence-corrected chi connectivity index (χ3v) is 5.62. The van der Waals surface area contributed by atoms with Gasteiger partial charge in [-0.15, -0.1) is 0 Å². The zero-order valence-corrected chi connectivity index (χ0v) is 12.6. The van der Waals surface area contributed by atoms with E-state index in [0.29, 0.717) is 13.0 Å². The summed E-state index contributed by atoms with van der Waals surface area (Å²) in [6, 6.07) is 4.53. The Bertz CT molecular complexity index is 613. The first-order valence-electron chi connectivity index (χ1n) is 6.12. The fourth-order valence-corrected chi connectivity index (χ4v) is 4.15. The van der Waals surface area contributed by atoms with E-state index in [1.165, 1.54) is 17.0 Å². The molecule has 1 aromatic rings. The molecule has 110 valence electrons. The molecule has 6 nitrogen and oxygen atoms in total. The molecule has 1 aliphatic heterocycles. The van der Waals surface area contributed by atoms with Crippen molar-refractivity contribution >= 4 is 33.2 Å². The molecule has 20 heavy (non-hydrogen) atoms. The highest BCUT2D eigenvalue weighted by Gasteiger charge is 2.32. The second-order valence-electron chi connectivity index (χ2n) is 4.67. The molecule has 1 heterocycles. The average Bonchev–Trinajstić information content (AvgIpc) is 2.52. The molecular formula is C12H16ClN3O3S. The highest BCUT2D eigenvalue weighted by Crippen LogP contribution is 2.30. The Balaban J connectivity index is 2.42. The van der Waals surface area contributed by atoms with E-state index in [9.17, 15) is 13.2 Å². The topological polar surface area (TPSA) is 83.7 Å². The first-order chi connectivity index (χ1) is 9.34. The number of benzene rings is 1. The Morgan fingerprint density at radius 3 is 2.65 bits per heavy atom. The van der Waals surface area contributed by atoms with E-state index in [1.807, 2.05) is 0 Å². The van der Waals surface area contributed by atoms with Crippen LogP contribution in [-0.2, 0) is 14.8 Å². The van der Waals surface area contributed by atoms with Gasteiger partial charge in [0.25, 0.3) is 0 Å². The largest absolute Gasteiger partial charge is 0.398 e. The van der Waals surface area contributed by atoms with Crippen molar-refractivity contribution in [2.24, 2.45) is 0 Å². The molecule has 0 unspecified atom stereocenters. The van der Waals surface area contributed by atoms with Crippen LogP contribution in [0.4, 0.5) is 5.69 Å². The van der Waals surface area contributed by atoms with Crippen LogP contribution >= 0.6 is 11.6 Å². The first-order valence-corrected chi connectivity index (χ1v) is 7.94. The monoisotopic (exact) mass is 317 g/mol. The quantitative estimate of drug-likeness (QED) is 0.817. The molecule has 0 spiro atoms. The van der Waals surface area contributed by atoms with Crippen LogP contribution in [0.2, 0.25) is 5.02 Å². The lowest BCUT2D eigenvalue weighted by molar-refractivity contribution is -0.129. The number of nitrogens with zero attached hydrogens (tertiary/aromatic N) is 2. The molecule has 1 saturated heterocycles. The van der Waals surface area contributed by atoms with Gasteiger partial charge in [-0.25, -0.2) is 8.42 Å². The van der Waals surface area contributed by atoms with Crippen LogP contribution in [0.5, 0.6) is 0 Å². The van der Waals surface area contributed by atoms with Crippen molar-refractivity contribution in [3.8, 4) is 0 Å². The van der Waals surface area contributed by atoms with Gasteiger partial charge in [-0.05, 0) is 18.6 Å². The molecule has 1 aliphatic rings. The molecule has 0 bridgehead atoms. The second kappa shape index (κ2) is 5.59. The highest BCUT2D eigenvalue weighted by molar-refractivity contribution is 7.89. The van der Waals surface area contributed by atoms with Crippen molar-refractivity contribution in [2.75, 3.05) is 32.4 Å². The van der Waals surface area contributed by atoms with Gasteiger partial charge < -0.3 is 10.6 Å². The number of hydrogen-bond donors (Lipinski definition) is 1. The molecule has 0 atom stereocenters. The van der Waals surface area contributed by atoms with Crippen LogP contribution in [0.1, 0.15) is 6.42 Å². The van der Waals surface area contributed by atoms with Crippen LogP contribution in [0.15, 0.2) is 23.1 Å². The number of amides is 1. The molecule has 2 N–H and O–H groups in total. The minimum absolute atomic E-state index is 0.0649. The van der Waals surface area contributed by atoms with Gasteiger partial charge in [0, 0.05) is 20.1 Å².